The molecule has 0 aliphatic rings. The summed E-state index contributed by atoms with van der Waals surface area (Å²) in [6, 6.07) is 0. The molecule has 12 heteroatoms. The molecule has 0 aliphatic heterocycles. The number of carboxylic acids is 1. The molecular formula is C67H139BN2O9. The molecule has 2 radical (unpaired) electrons. The van der Waals surface area contributed by atoms with Crippen LogP contribution in [0.2, 0.25) is 6.82 Å². The lowest BCUT2D eigenvalue weighted by atomic mass is 9.90. The summed E-state index contributed by atoms with van der Waals surface area (Å²) in [4.78, 5) is 41.0. The Morgan fingerprint density at radius 1 is 0.519 bits per heavy atom. The third-order valence-corrected chi connectivity index (χ3v) is 13.5. The molecule has 0 aliphatic carbocycles. The van der Waals surface area contributed by atoms with Crippen molar-refractivity contribution in [2.45, 2.75) is 351 Å². The van der Waals surface area contributed by atoms with Crippen LogP contribution < -0.4 is 11.1 Å². The number of hydrogen-bond acceptors (Lipinski definition) is 8. The number of Topliss-reactive ketones (excluding diaryl/α,β-unsaturated/α-hetero) is 1. The molecule has 0 spiro atoms. The highest BCUT2D eigenvalue weighted by Gasteiger charge is 2.18. The molecule has 2 unspecified atom stereocenters. The highest BCUT2D eigenvalue weighted by Crippen LogP contribution is 2.23. The minimum Gasteiger partial charge on any atom is -0.483 e. The zero-order valence-corrected chi connectivity index (χ0v) is 54.3. The number of carboxylic acid groups (broad SMARTS) is 2. The van der Waals surface area contributed by atoms with Crippen LogP contribution in [0, 0.1) is 17.8 Å². The molecule has 0 aromatic heterocycles. The maximum Gasteiger partial charge on any atom is 0.303 e. The first-order valence-corrected chi connectivity index (χ1v) is 32.7. The van der Waals surface area contributed by atoms with E-state index in [0.717, 1.165) is 77.4 Å². The molecule has 11 nitrogen and oxygen atoms in total. The minimum absolute atomic E-state index is 0.0507. The number of aliphatic hydroxyl groups is 3. The number of allylic oxidation sites excluding steroid dienone is 1. The van der Waals surface area contributed by atoms with Crippen molar-refractivity contribution < 1.29 is 44.7 Å². The van der Waals surface area contributed by atoms with Crippen molar-refractivity contribution in [2.75, 3.05) is 13.7 Å². The van der Waals surface area contributed by atoms with Gasteiger partial charge in [0.2, 0.25) is 5.91 Å². The summed E-state index contributed by atoms with van der Waals surface area (Å²) >= 11 is 0. The van der Waals surface area contributed by atoms with Crippen LogP contribution in [0.4, 0.5) is 0 Å². The Bertz CT molecular complexity index is 1120. The summed E-state index contributed by atoms with van der Waals surface area (Å²) in [5.41, 5.74) is 4.61. The van der Waals surface area contributed by atoms with Gasteiger partial charge in [0, 0.05) is 38.8 Å². The fourth-order valence-electron chi connectivity index (χ4n) is 9.18. The highest BCUT2D eigenvalue weighted by atomic mass is 16.5. The van der Waals surface area contributed by atoms with Gasteiger partial charge in [-0.25, -0.2) is 0 Å². The predicted octanol–water partition coefficient (Wildman–Crippen LogP) is 19.0. The van der Waals surface area contributed by atoms with Crippen molar-refractivity contribution in [1.29, 1.82) is 0 Å². The number of amides is 1. The molecule has 0 aromatic carbocycles. The Morgan fingerprint density at radius 2 is 0.835 bits per heavy atom. The first kappa shape index (κ1) is 92.7. The van der Waals surface area contributed by atoms with E-state index in [0.29, 0.717) is 25.2 Å². The number of unbranched alkanes of at least 4 members (excludes halogenated alkanes) is 31. The summed E-state index contributed by atoms with van der Waals surface area (Å²) < 4.78 is 0. The first-order valence-electron chi connectivity index (χ1n) is 32.7. The molecule has 8 N–H and O–H groups in total. The Balaban J connectivity index is -0.000000178. The topological polar surface area (TPSA) is 207 Å². The lowest BCUT2D eigenvalue weighted by Gasteiger charge is -2.19. The number of ketones is 1. The Morgan fingerprint density at radius 3 is 1.15 bits per heavy atom. The zero-order chi connectivity index (χ0) is 61.7. The number of aliphatic carboxylic acids is 1. The van der Waals surface area contributed by atoms with Crippen LogP contribution in [0.25, 0.3) is 0 Å². The van der Waals surface area contributed by atoms with Crippen LogP contribution in [0.15, 0.2) is 25.4 Å². The molecule has 474 valence electrons. The first-order chi connectivity index (χ1) is 38.3. The number of aliphatic hydroxyl groups excluding tert-OH is 2. The Kier molecular flexibility index (Phi) is 108. The predicted molar refractivity (Wildman–Crippen MR) is 346 cm³/mol. The number of hydrogen-bond donors (Lipinski definition) is 7. The summed E-state index contributed by atoms with van der Waals surface area (Å²) in [5.74, 6) is 1.000. The SMILES string of the molecule is C=CCCCCCCCCCCCCCCCCC(CCC(=O)NCCCC(C)C[C@@H](C)CCCCC)C(O)O.C=CN.CC.CCCC(C)=O.CCCCCCCCCCCCCCCCCCC(=O)O.CO.O=CO.[B]C. The van der Waals surface area contributed by atoms with Crippen molar-refractivity contribution in [3.05, 3.63) is 25.4 Å². The van der Waals surface area contributed by atoms with Crippen molar-refractivity contribution in [3.8, 4) is 0 Å². The van der Waals surface area contributed by atoms with Crippen LogP contribution in [0.5, 0.6) is 0 Å². The highest BCUT2D eigenvalue weighted by molar-refractivity contribution is 6.05. The second-order valence-electron chi connectivity index (χ2n) is 21.2. The van der Waals surface area contributed by atoms with Crippen molar-refractivity contribution in [1.82, 2.24) is 5.32 Å². The van der Waals surface area contributed by atoms with E-state index in [-0.39, 0.29) is 24.1 Å². The van der Waals surface area contributed by atoms with E-state index in [9.17, 15) is 24.6 Å². The molecule has 0 bridgehead atoms. The van der Waals surface area contributed by atoms with Gasteiger partial charge in [-0.2, -0.15) is 0 Å². The molecule has 3 atom stereocenters. The molecule has 0 rings (SSSR count). The van der Waals surface area contributed by atoms with Crippen LogP contribution >= 0.6 is 0 Å². The van der Waals surface area contributed by atoms with Gasteiger partial charge in [0.15, 0.2) is 6.29 Å². The largest absolute Gasteiger partial charge is 0.483 e. The Hall–Kier alpha value is -2.70. The smallest absolute Gasteiger partial charge is 0.303 e. The third-order valence-electron chi connectivity index (χ3n) is 13.5. The van der Waals surface area contributed by atoms with Gasteiger partial charge in [-0.1, -0.05) is 273 Å². The monoisotopic (exact) mass is 1130 g/mol. The summed E-state index contributed by atoms with van der Waals surface area (Å²) in [6.07, 6.45) is 55.4. The maximum absolute atomic E-state index is 12.3. The number of carbonyl (C=O) groups excluding carboxylic acids is 2. The van der Waals surface area contributed by atoms with E-state index in [1.54, 1.807) is 6.92 Å². The quantitative estimate of drug-likeness (QED) is 0.0101. The van der Waals surface area contributed by atoms with Gasteiger partial charge in [-0.05, 0) is 82.7 Å². The molecule has 0 fully saturated rings. The number of rotatable bonds is 50. The number of nitrogens with two attached hydrogens (primary N) is 1. The van der Waals surface area contributed by atoms with Crippen LogP contribution in [-0.2, 0) is 19.2 Å². The van der Waals surface area contributed by atoms with Gasteiger partial charge in [0.25, 0.3) is 6.47 Å². The van der Waals surface area contributed by atoms with E-state index in [2.05, 4.69) is 59.7 Å². The molecule has 0 saturated carbocycles. The van der Waals surface area contributed by atoms with Crippen LogP contribution in [0.3, 0.4) is 0 Å². The second-order valence-corrected chi connectivity index (χ2v) is 21.2. The minimum atomic E-state index is -1.32. The van der Waals surface area contributed by atoms with Crippen molar-refractivity contribution >= 4 is 32.0 Å². The van der Waals surface area contributed by atoms with Gasteiger partial charge >= 0.3 is 5.97 Å². The number of carbonyl (C=O) groups is 4. The summed E-state index contributed by atoms with van der Waals surface area (Å²) in [5, 5.41) is 45.0. The molecule has 0 saturated heterocycles. The van der Waals surface area contributed by atoms with Gasteiger partial charge in [0.05, 0.1) is 7.85 Å². The molecule has 79 heavy (non-hydrogen) atoms. The van der Waals surface area contributed by atoms with Crippen LogP contribution in [0.1, 0.15) is 338 Å². The van der Waals surface area contributed by atoms with Gasteiger partial charge < -0.3 is 41.4 Å². The van der Waals surface area contributed by atoms with E-state index < -0.39 is 12.3 Å². The van der Waals surface area contributed by atoms with E-state index in [1.807, 2.05) is 26.8 Å². The average Bonchev–Trinajstić information content (AvgIpc) is 3.42. The van der Waals surface area contributed by atoms with Gasteiger partial charge in [0.1, 0.15) is 5.78 Å². The standard InChI is InChI=1S/C36H71NO3.C19H38O2.C5H10O.C2H5N.C2H6.CH3B.CH2O2.CH4O/c1-5-7-9-10-11-12-13-14-15-16-17-18-19-20-21-23-27-34(36(39)40)28-29-35(38)37-30-24-26-33(4)31-32(3)25-22-8-6-2;1-2-3-4-5-6-7-8-9-10-11-12-13-14-15-16-17-18-19(20)21;1-3-4-5(2)6;1-2-3;2*1-2;2-1-3;1-2/h5,32-34,36,39-40H,1,6-31H2,2-4H3,(H,37,38);2-18H2,1H3,(H,20,21);3-4H2,1-2H3;2H,1,3H2;1-2H3;1H3;1H,(H,2,3);2H,1H3/t32-,33?,34?;;;;;;;/m0......./s1. The van der Waals surface area contributed by atoms with E-state index in [4.69, 9.17) is 20.1 Å². The summed E-state index contributed by atoms with van der Waals surface area (Å²) in [7, 11) is 5.50. The van der Waals surface area contributed by atoms with Crippen molar-refractivity contribution in [2.24, 2.45) is 23.5 Å². The van der Waals surface area contributed by atoms with Crippen molar-refractivity contribution in [3.63, 3.8) is 0 Å². The lowest BCUT2D eigenvalue weighted by Crippen LogP contribution is -2.27. The number of nitrogens with one attached hydrogen (secondary N) is 1. The van der Waals surface area contributed by atoms with E-state index >= 15 is 0 Å². The molecule has 0 heterocycles. The normalized spacial score (nSPS) is 11.1. The molecule has 1 amide bonds. The van der Waals surface area contributed by atoms with Gasteiger partial charge in [-0.3, -0.25) is 14.4 Å². The summed E-state index contributed by atoms with van der Waals surface area (Å²) in [6.45, 7) is 25.8. The molecular weight excluding hydrogens is 988 g/mol. The average molecular weight is 1130 g/mol. The fourth-order valence-corrected chi connectivity index (χ4v) is 9.18. The second kappa shape index (κ2) is 91.8. The lowest BCUT2D eigenvalue weighted by molar-refractivity contribution is -0.137. The van der Waals surface area contributed by atoms with Crippen LogP contribution in [-0.4, -0.2) is 77.5 Å². The third kappa shape index (κ3) is 108. The van der Waals surface area contributed by atoms with E-state index in [1.165, 1.54) is 218 Å². The maximum atomic E-state index is 12.3. The molecule has 0 aromatic rings. The zero-order valence-electron chi connectivity index (χ0n) is 54.3. The van der Waals surface area contributed by atoms with Gasteiger partial charge in [-0.15, -0.1) is 6.58 Å². The Labute approximate surface area is 493 Å². The fraction of sp³-hybridized carbons (Fsp3) is 0.881.